The zero-order chi connectivity index (χ0) is 22.6. The van der Waals surface area contributed by atoms with Gasteiger partial charge in [0.25, 0.3) is 5.91 Å². The third-order valence-electron chi connectivity index (χ3n) is 5.22. The van der Waals surface area contributed by atoms with Crippen LogP contribution in [0.15, 0.2) is 84.5 Å². The van der Waals surface area contributed by atoms with Gasteiger partial charge in [-0.15, -0.1) is 11.3 Å². The van der Waals surface area contributed by atoms with E-state index >= 15 is 0 Å². The molecule has 5 aromatic rings. The maximum absolute atomic E-state index is 12.7. The Morgan fingerprint density at radius 2 is 1.94 bits per heavy atom. The lowest BCUT2D eigenvalue weighted by Gasteiger charge is -2.08. The Morgan fingerprint density at radius 1 is 1.06 bits per heavy atom. The Morgan fingerprint density at radius 3 is 2.73 bits per heavy atom. The summed E-state index contributed by atoms with van der Waals surface area (Å²) in [6.07, 6.45) is 3.89. The minimum Gasteiger partial charge on any atom is -0.487 e. The van der Waals surface area contributed by atoms with Crippen LogP contribution in [0.2, 0.25) is 0 Å². The molecule has 0 fully saturated rings. The van der Waals surface area contributed by atoms with Crippen LogP contribution in [0, 0.1) is 6.92 Å². The van der Waals surface area contributed by atoms with Gasteiger partial charge in [0.15, 0.2) is 0 Å². The minimum absolute atomic E-state index is 0.146. The molecule has 0 saturated carbocycles. The van der Waals surface area contributed by atoms with Crippen molar-refractivity contribution in [1.82, 2.24) is 19.7 Å². The molecule has 0 unspecified atom stereocenters. The van der Waals surface area contributed by atoms with Crippen molar-refractivity contribution in [2.24, 2.45) is 0 Å². The Balaban J connectivity index is 1.18. The average molecular weight is 455 g/mol. The van der Waals surface area contributed by atoms with Gasteiger partial charge in [-0.1, -0.05) is 36.4 Å². The molecule has 6 nitrogen and oxygen atoms in total. The van der Waals surface area contributed by atoms with Crippen LogP contribution in [0.25, 0.3) is 16.9 Å². The third kappa shape index (κ3) is 4.94. The standard InChI is InChI=1S/C26H22N4O2S/c1-18-28-24(17-33-18)20-10-8-19(9-11-20)14-27-26(31)21-5-4-6-23(13-21)32-16-22-15-30-12-3-2-7-25(30)29-22/h2-13,15,17H,14,16H2,1H3,(H,27,31). The number of carbonyl (C=O) groups is 1. The molecular weight excluding hydrogens is 432 g/mol. The van der Waals surface area contributed by atoms with Gasteiger partial charge in [-0.05, 0) is 42.8 Å². The minimum atomic E-state index is -0.146. The quantitative estimate of drug-likeness (QED) is 0.364. The van der Waals surface area contributed by atoms with Crippen molar-refractivity contribution in [3.05, 3.63) is 106 Å². The predicted molar refractivity (Wildman–Crippen MR) is 129 cm³/mol. The number of hydrogen-bond acceptors (Lipinski definition) is 5. The van der Waals surface area contributed by atoms with Crippen molar-refractivity contribution in [1.29, 1.82) is 0 Å². The summed E-state index contributed by atoms with van der Waals surface area (Å²) in [7, 11) is 0. The van der Waals surface area contributed by atoms with E-state index < -0.39 is 0 Å². The molecule has 0 aliphatic heterocycles. The molecule has 0 bridgehead atoms. The summed E-state index contributed by atoms with van der Waals surface area (Å²) in [5, 5.41) is 6.07. The highest BCUT2D eigenvalue weighted by atomic mass is 32.1. The molecule has 5 rings (SSSR count). The highest BCUT2D eigenvalue weighted by Crippen LogP contribution is 2.22. The number of imidazole rings is 1. The fourth-order valence-corrected chi connectivity index (χ4v) is 4.14. The molecule has 0 atom stereocenters. The van der Waals surface area contributed by atoms with Gasteiger partial charge in [0.05, 0.1) is 16.4 Å². The first-order chi connectivity index (χ1) is 16.1. The van der Waals surface area contributed by atoms with Crippen LogP contribution in [0.1, 0.15) is 26.6 Å². The summed E-state index contributed by atoms with van der Waals surface area (Å²) in [6, 6.07) is 21.1. The van der Waals surface area contributed by atoms with E-state index in [1.54, 1.807) is 23.5 Å². The number of amides is 1. The fraction of sp³-hybridized carbons (Fsp3) is 0.115. The second kappa shape index (κ2) is 9.26. The molecule has 33 heavy (non-hydrogen) atoms. The first kappa shape index (κ1) is 20.9. The first-order valence-corrected chi connectivity index (χ1v) is 11.5. The van der Waals surface area contributed by atoms with Gasteiger partial charge in [-0.3, -0.25) is 4.79 Å². The van der Waals surface area contributed by atoms with Gasteiger partial charge in [0, 0.05) is 35.4 Å². The summed E-state index contributed by atoms with van der Waals surface area (Å²) in [4.78, 5) is 21.7. The normalized spacial score (nSPS) is 10.9. The maximum Gasteiger partial charge on any atom is 0.251 e. The lowest BCUT2D eigenvalue weighted by atomic mass is 10.1. The van der Waals surface area contributed by atoms with E-state index in [2.05, 4.69) is 20.7 Å². The van der Waals surface area contributed by atoms with Crippen LogP contribution in [0.5, 0.6) is 5.75 Å². The molecule has 164 valence electrons. The number of nitrogens with one attached hydrogen (secondary N) is 1. The number of nitrogens with zero attached hydrogens (tertiary/aromatic N) is 3. The Bertz CT molecular complexity index is 1370. The van der Waals surface area contributed by atoms with E-state index in [9.17, 15) is 4.79 Å². The lowest BCUT2D eigenvalue weighted by molar-refractivity contribution is 0.0950. The van der Waals surface area contributed by atoms with E-state index in [1.165, 1.54) is 0 Å². The highest BCUT2D eigenvalue weighted by Gasteiger charge is 2.09. The molecule has 0 saturated heterocycles. The lowest BCUT2D eigenvalue weighted by Crippen LogP contribution is -2.22. The zero-order valence-corrected chi connectivity index (χ0v) is 18.9. The number of fused-ring (bicyclic) bond motifs is 1. The summed E-state index contributed by atoms with van der Waals surface area (Å²) in [5.41, 5.74) is 5.33. The van der Waals surface area contributed by atoms with Crippen LogP contribution in [0.4, 0.5) is 0 Å². The number of thiazole rings is 1. The SMILES string of the molecule is Cc1nc(-c2ccc(CNC(=O)c3cccc(OCc4cn5ccccc5n4)c3)cc2)cs1. The second-order valence-corrected chi connectivity index (χ2v) is 8.71. The number of aryl methyl sites for hydroxylation is 1. The molecule has 3 heterocycles. The fourth-order valence-electron chi connectivity index (χ4n) is 3.51. The van der Waals surface area contributed by atoms with Gasteiger partial charge in [-0.25, -0.2) is 9.97 Å². The van der Waals surface area contributed by atoms with Crippen LogP contribution >= 0.6 is 11.3 Å². The zero-order valence-electron chi connectivity index (χ0n) is 18.1. The molecule has 0 radical (unpaired) electrons. The summed E-state index contributed by atoms with van der Waals surface area (Å²) < 4.78 is 7.82. The van der Waals surface area contributed by atoms with Crippen molar-refractivity contribution < 1.29 is 9.53 Å². The van der Waals surface area contributed by atoms with Crippen molar-refractivity contribution in [3.8, 4) is 17.0 Å². The van der Waals surface area contributed by atoms with Gasteiger partial charge in [0.2, 0.25) is 0 Å². The van der Waals surface area contributed by atoms with Gasteiger partial charge >= 0.3 is 0 Å². The second-order valence-electron chi connectivity index (χ2n) is 7.65. The molecule has 0 aliphatic rings. The number of rotatable bonds is 7. The number of benzene rings is 2. The molecule has 7 heteroatoms. The van der Waals surface area contributed by atoms with Crippen molar-refractivity contribution in [2.45, 2.75) is 20.1 Å². The predicted octanol–water partition coefficient (Wildman–Crippen LogP) is 5.28. The third-order valence-corrected chi connectivity index (χ3v) is 5.99. The topological polar surface area (TPSA) is 68.5 Å². The van der Waals surface area contributed by atoms with E-state index in [-0.39, 0.29) is 5.91 Å². The maximum atomic E-state index is 12.7. The summed E-state index contributed by atoms with van der Waals surface area (Å²) >= 11 is 1.64. The van der Waals surface area contributed by atoms with E-state index in [0.29, 0.717) is 24.5 Å². The number of carbonyl (C=O) groups excluding carboxylic acids is 1. The number of aromatic nitrogens is 3. The summed E-state index contributed by atoms with van der Waals surface area (Å²) in [6.45, 7) is 2.77. The Kier molecular flexibility index (Phi) is 5.87. The van der Waals surface area contributed by atoms with Crippen molar-refractivity contribution in [3.63, 3.8) is 0 Å². The molecule has 0 aliphatic carbocycles. The van der Waals surface area contributed by atoms with Crippen molar-refractivity contribution >= 4 is 22.9 Å². The highest BCUT2D eigenvalue weighted by molar-refractivity contribution is 7.09. The number of hydrogen-bond donors (Lipinski definition) is 1. The monoisotopic (exact) mass is 454 g/mol. The summed E-state index contributed by atoms with van der Waals surface area (Å²) in [5.74, 6) is 0.481. The molecule has 2 aromatic carbocycles. The van der Waals surface area contributed by atoms with Gasteiger partial charge in [-0.2, -0.15) is 0 Å². The molecular formula is C26H22N4O2S. The van der Waals surface area contributed by atoms with Crippen molar-refractivity contribution in [2.75, 3.05) is 0 Å². The van der Waals surface area contributed by atoms with E-state index in [1.807, 2.05) is 78.3 Å². The van der Waals surface area contributed by atoms with Gasteiger partial charge < -0.3 is 14.5 Å². The Labute approximate surface area is 195 Å². The van der Waals surface area contributed by atoms with Crippen LogP contribution in [0.3, 0.4) is 0 Å². The average Bonchev–Trinajstić information content (AvgIpc) is 3.47. The first-order valence-electron chi connectivity index (χ1n) is 10.6. The Hall–Kier alpha value is -3.97. The smallest absolute Gasteiger partial charge is 0.251 e. The van der Waals surface area contributed by atoms with E-state index in [4.69, 9.17) is 4.74 Å². The van der Waals surface area contributed by atoms with Crippen LogP contribution in [-0.4, -0.2) is 20.3 Å². The molecule has 1 amide bonds. The number of pyridine rings is 1. The van der Waals surface area contributed by atoms with E-state index in [0.717, 1.165) is 33.2 Å². The molecule has 1 N–H and O–H groups in total. The van der Waals surface area contributed by atoms with Crippen LogP contribution in [-0.2, 0) is 13.2 Å². The number of ether oxygens (including phenoxy) is 1. The van der Waals surface area contributed by atoms with Crippen LogP contribution < -0.4 is 10.1 Å². The largest absolute Gasteiger partial charge is 0.487 e. The molecule has 3 aromatic heterocycles. The molecule has 0 spiro atoms. The van der Waals surface area contributed by atoms with Gasteiger partial charge in [0.1, 0.15) is 18.0 Å².